The van der Waals surface area contributed by atoms with E-state index in [1.165, 1.54) is 12.5 Å². The highest BCUT2D eigenvalue weighted by Crippen LogP contribution is 2.27. The Labute approximate surface area is 252 Å². The predicted molar refractivity (Wildman–Crippen MR) is 160 cm³/mol. The summed E-state index contributed by atoms with van der Waals surface area (Å²) in [6, 6.07) is 7.62. The number of fused-ring (bicyclic) bond motifs is 2. The highest BCUT2D eigenvalue weighted by molar-refractivity contribution is 5.98. The van der Waals surface area contributed by atoms with Gasteiger partial charge in [0.2, 0.25) is 5.91 Å². The summed E-state index contributed by atoms with van der Waals surface area (Å²) in [6.45, 7) is 8.93. The van der Waals surface area contributed by atoms with Crippen molar-refractivity contribution in [2.24, 2.45) is 0 Å². The number of amides is 4. The summed E-state index contributed by atoms with van der Waals surface area (Å²) in [4.78, 5) is 63.2. The van der Waals surface area contributed by atoms with Gasteiger partial charge >= 0.3 is 6.09 Å². The Morgan fingerprint density at radius 3 is 2.51 bits per heavy atom. The molecule has 3 saturated heterocycles. The number of unbranched alkanes of at least 4 members (excludes halogenated alkanes) is 1. The van der Waals surface area contributed by atoms with Crippen LogP contribution in [0, 0.1) is 6.92 Å². The third kappa shape index (κ3) is 7.54. The molecule has 1 aromatic heterocycles. The molecule has 1 aromatic carbocycles. The fourth-order valence-corrected chi connectivity index (χ4v) is 5.88. The summed E-state index contributed by atoms with van der Waals surface area (Å²) in [7, 11) is 0. The van der Waals surface area contributed by atoms with Gasteiger partial charge in [0.1, 0.15) is 11.4 Å². The van der Waals surface area contributed by atoms with Gasteiger partial charge in [0.25, 0.3) is 11.8 Å². The van der Waals surface area contributed by atoms with E-state index in [9.17, 15) is 19.2 Å². The maximum atomic E-state index is 13.1. The van der Waals surface area contributed by atoms with Gasteiger partial charge in [0.05, 0.1) is 18.7 Å². The molecule has 3 aliphatic heterocycles. The van der Waals surface area contributed by atoms with Crippen LogP contribution >= 0.6 is 0 Å². The maximum absolute atomic E-state index is 13.1. The van der Waals surface area contributed by atoms with E-state index in [1.54, 1.807) is 9.80 Å². The lowest BCUT2D eigenvalue weighted by Gasteiger charge is -2.37. The van der Waals surface area contributed by atoms with Crippen LogP contribution in [0.1, 0.15) is 48.7 Å². The molecule has 0 aliphatic carbocycles. The Kier molecular flexibility index (Phi) is 9.96. The minimum Gasteiger partial charge on any atom is -0.483 e. The molecule has 4 amide bonds. The fourth-order valence-electron chi connectivity index (χ4n) is 5.88. The third-order valence-electron chi connectivity index (χ3n) is 8.47. The number of hydrogen-bond donors (Lipinski definition) is 1. The minimum atomic E-state index is -0.511. The summed E-state index contributed by atoms with van der Waals surface area (Å²) < 4.78 is 11.3. The summed E-state index contributed by atoms with van der Waals surface area (Å²) in [5, 5.41) is 3.38. The molecule has 12 heteroatoms. The van der Waals surface area contributed by atoms with Crippen LogP contribution in [-0.4, -0.2) is 127 Å². The maximum Gasteiger partial charge on any atom is 0.409 e. The molecule has 4 heterocycles. The average molecular weight is 595 g/mol. The molecule has 0 bridgehead atoms. The normalized spacial score (nSPS) is 18.8. The summed E-state index contributed by atoms with van der Waals surface area (Å²) in [5.74, 6) is -0.428. The molecule has 1 N–H and O–H groups in total. The van der Waals surface area contributed by atoms with E-state index >= 15 is 0 Å². The Balaban J connectivity index is 1.17. The third-order valence-corrected chi connectivity index (χ3v) is 8.47. The smallest absolute Gasteiger partial charge is 0.409 e. The topological polar surface area (TPSA) is 125 Å². The summed E-state index contributed by atoms with van der Waals surface area (Å²) >= 11 is 0. The average Bonchev–Trinajstić information content (AvgIpc) is 3.50. The number of rotatable bonds is 9. The van der Waals surface area contributed by atoms with Crippen molar-refractivity contribution in [1.82, 2.24) is 29.9 Å². The van der Waals surface area contributed by atoms with Crippen molar-refractivity contribution in [3.63, 3.8) is 0 Å². The second-order valence-electron chi connectivity index (χ2n) is 11.5. The van der Waals surface area contributed by atoms with Gasteiger partial charge in [-0.1, -0.05) is 19.4 Å². The molecule has 232 valence electrons. The summed E-state index contributed by atoms with van der Waals surface area (Å²) in [5.41, 5.74) is 1.65. The molecule has 43 heavy (non-hydrogen) atoms. The molecule has 5 rings (SSSR count). The van der Waals surface area contributed by atoms with Gasteiger partial charge in [0, 0.05) is 63.3 Å². The number of piperazine rings is 2. The highest BCUT2D eigenvalue weighted by Gasteiger charge is 2.32. The van der Waals surface area contributed by atoms with E-state index < -0.39 is 5.91 Å². The molecule has 1 atom stereocenters. The Morgan fingerprint density at radius 2 is 1.72 bits per heavy atom. The van der Waals surface area contributed by atoms with Gasteiger partial charge in [-0.15, -0.1) is 0 Å². The lowest BCUT2D eigenvalue weighted by molar-refractivity contribution is -0.136. The number of ether oxygens (including phenoxy) is 2. The fraction of sp³-hybridized carbons (Fsp3) is 0.581. The van der Waals surface area contributed by atoms with Crippen LogP contribution in [0.15, 0.2) is 24.3 Å². The molecule has 0 spiro atoms. The monoisotopic (exact) mass is 594 g/mol. The number of benzene rings is 1. The SMILES string of the molecule is CCCCOC(=O)N1CCN(C(=O)CNC(=O)c2cc(OCC(=O)N3CCN4CCC[C@@H]4C3)c3ccc(C)cc3n2)CC1. The van der Waals surface area contributed by atoms with Crippen molar-refractivity contribution in [3.05, 3.63) is 35.5 Å². The van der Waals surface area contributed by atoms with Crippen LogP contribution in [0.25, 0.3) is 10.9 Å². The number of aromatic nitrogens is 1. The van der Waals surface area contributed by atoms with Gasteiger partial charge in [-0.05, 0) is 50.4 Å². The van der Waals surface area contributed by atoms with Gasteiger partial charge in [-0.2, -0.15) is 0 Å². The second-order valence-corrected chi connectivity index (χ2v) is 11.5. The van der Waals surface area contributed by atoms with Crippen molar-refractivity contribution in [2.45, 2.75) is 45.6 Å². The van der Waals surface area contributed by atoms with E-state index in [1.807, 2.05) is 36.9 Å². The molecule has 2 aromatic rings. The van der Waals surface area contributed by atoms with Crippen molar-refractivity contribution in [3.8, 4) is 5.75 Å². The molecule has 12 nitrogen and oxygen atoms in total. The zero-order valence-electron chi connectivity index (χ0n) is 25.2. The first-order chi connectivity index (χ1) is 20.8. The number of nitrogens with zero attached hydrogens (tertiary/aromatic N) is 5. The molecule has 0 unspecified atom stereocenters. The van der Waals surface area contributed by atoms with Crippen LogP contribution < -0.4 is 10.1 Å². The van der Waals surface area contributed by atoms with Crippen LogP contribution in [0.3, 0.4) is 0 Å². The molecule has 3 fully saturated rings. The first-order valence-corrected chi connectivity index (χ1v) is 15.4. The number of pyridine rings is 1. The summed E-state index contributed by atoms with van der Waals surface area (Å²) in [6.07, 6.45) is 3.70. The van der Waals surface area contributed by atoms with Crippen LogP contribution in [0.4, 0.5) is 4.79 Å². The highest BCUT2D eigenvalue weighted by atomic mass is 16.6. The van der Waals surface area contributed by atoms with Crippen molar-refractivity contribution in [1.29, 1.82) is 0 Å². The number of aryl methyl sites for hydroxylation is 1. The molecular formula is C31H42N6O6. The van der Waals surface area contributed by atoms with Crippen molar-refractivity contribution >= 4 is 34.7 Å². The van der Waals surface area contributed by atoms with Crippen LogP contribution in [0.2, 0.25) is 0 Å². The Bertz CT molecular complexity index is 1340. The van der Waals surface area contributed by atoms with E-state index in [0.29, 0.717) is 62.0 Å². The Hall–Kier alpha value is -3.93. The standard InChI is InChI=1S/C31H42N6O6/c1-3-4-16-42-31(41)36-13-11-35(12-14-36)28(38)19-32-30(40)26-18-27(24-8-7-22(2)17-25(24)33-26)43-21-29(39)37-15-10-34-9-5-6-23(34)20-37/h7-8,17-18,23H,3-6,9-16,19-21H2,1-2H3,(H,32,40)/t23-/m1/s1. The first kappa shape index (κ1) is 30.5. The number of carbonyl (C=O) groups is 4. The van der Waals surface area contributed by atoms with Gasteiger partial charge in [0.15, 0.2) is 6.61 Å². The van der Waals surface area contributed by atoms with Crippen LogP contribution in [0.5, 0.6) is 5.75 Å². The Morgan fingerprint density at radius 1 is 0.953 bits per heavy atom. The zero-order chi connectivity index (χ0) is 30.3. The number of hydrogen-bond acceptors (Lipinski definition) is 8. The van der Waals surface area contributed by atoms with Crippen LogP contribution in [-0.2, 0) is 14.3 Å². The zero-order valence-corrected chi connectivity index (χ0v) is 25.2. The minimum absolute atomic E-state index is 0.0745. The number of nitrogens with one attached hydrogen (secondary N) is 1. The number of carbonyl (C=O) groups excluding carboxylic acids is 4. The van der Waals surface area contributed by atoms with Gasteiger partial charge < -0.3 is 29.5 Å². The predicted octanol–water partition coefficient (Wildman–Crippen LogP) is 2.04. The van der Waals surface area contributed by atoms with Crippen molar-refractivity contribution < 1.29 is 28.7 Å². The van der Waals surface area contributed by atoms with Gasteiger partial charge in [-0.3, -0.25) is 19.3 Å². The quantitative estimate of drug-likeness (QED) is 0.438. The lowest BCUT2D eigenvalue weighted by atomic mass is 10.1. The largest absolute Gasteiger partial charge is 0.483 e. The van der Waals surface area contributed by atoms with Crippen molar-refractivity contribution in [2.75, 3.05) is 72.1 Å². The molecular weight excluding hydrogens is 552 g/mol. The molecule has 3 aliphatic rings. The molecule has 0 saturated carbocycles. The van der Waals surface area contributed by atoms with E-state index in [-0.39, 0.29) is 36.8 Å². The first-order valence-electron chi connectivity index (χ1n) is 15.4. The van der Waals surface area contributed by atoms with E-state index in [4.69, 9.17) is 9.47 Å². The van der Waals surface area contributed by atoms with E-state index in [0.717, 1.165) is 44.5 Å². The van der Waals surface area contributed by atoms with E-state index in [2.05, 4.69) is 15.2 Å². The molecule has 0 radical (unpaired) electrons. The lowest BCUT2D eigenvalue weighted by Crippen LogP contribution is -2.53. The van der Waals surface area contributed by atoms with Gasteiger partial charge in [-0.25, -0.2) is 9.78 Å². The second kappa shape index (κ2) is 14.0.